The van der Waals surface area contributed by atoms with Gasteiger partial charge in [-0.2, -0.15) is 0 Å². The Labute approximate surface area is 166 Å². The van der Waals surface area contributed by atoms with Crippen molar-refractivity contribution in [3.8, 4) is 0 Å². The Hall–Kier alpha value is -2.70. The summed E-state index contributed by atoms with van der Waals surface area (Å²) in [5.74, 6) is -0.581. The van der Waals surface area contributed by atoms with E-state index in [2.05, 4.69) is 15.0 Å². The number of aromatic nitrogens is 1. The monoisotopic (exact) mass is 400 g/mol. The molecule has 0 aliphatic carbocycles. The quantitative estimate of drug-likeness (QED) is 0.624. The van der Waals surface area contributed by atoms with Gasteiger partial charge in [0, 0.05) is 22.5 Å². The standard InChI is InChI=1S/C20H17ClN2O3S/c1-26-20(25)14-5-7-16(8-6-14)22-18(24)11-17-12-27-19(23-17)10-13-3-2-4-15(21)9-13/h2-9,12H,10-11H2,1H3,(H,22,24). The van der Waals surface area contributed by atoms with Crippen LogP contribution in [-0.4, -0.2) is 24.0 Å². The van der Waals surface area contributed by atoms with E-state index >= 15 is 0 Å². The van der Waals surface area contributed by atoms with Crippen LogP contribution < -0.4 is 5.32 Å². The average Bonchev–Trinajstić information content (AvgIpc) is 3.08. The third kappa shape index (κ3) is 5.39. The molecule has 1 N–H and O–H groups in total. The van der Waals surface area contributed by atoms with E-state index in [0.717, 1.165) is 16.3 Å². The van der Waals surface area contributed by atoms with Crippen LogP contribution in [0.1, 0.15) is 26.6 Å². The number of nitrogens with one attached hydrogen (secondary N) is 1. The van der Waals surface area contributed by atoms with Crippen molar-refractivity contribution < 1.29 is 14.3 Å². The van der Waals surface area contributed by atoms with E-state index in [4.69, 9.17) is 11.6 Å². The first-order valence-electron chi connectivity index (χ1n) is 8.19. The van der Waals surface area contributed by atoms with E-state index in [1.54, 1.807) is 24.3 Å². The van der Waals surface area contributed by atoms with Gasteiger partial charge in [-0.05, 0) is 42.0 Å². The summed E-state index contributed by atoms with van der Waals surface area (Å²) in [4.78, 5) is 28.1. The van der Waals surface area contributed by atoms with Crippen LogP contribution in [0.4, 0.5) is 5.69 Å². The minimum absolute atomic E-state index is 0.166. The van der Waals surface area contributed by atoms with Crippen LogP contribution in [0.25, 0.3) is 0 Å². The molecule has 5 nitrogen and oxygen atoms in total. The molecular formula is C20H17ClN2O3S. The van der Waals surface area contributed by atoms with Crippen molar-refractivity contribution in [2.45, 2.75) is 12.8 Å². The lowest BCUT2D eigenvalue weighted by Gasteiger charge is -2.05. The topological polar surface area (TPSA) is 68.3 Å². The molecule has 0 atom stereocenters. The molecule has 7 heteroatoms. The van der Waals surface area contributed by atoms with Crippen molar-refractivity contribution in [2.24, 2.45) is 0 Å². The maximum absolute atomic E-state index is 12.2. The Kier molecular flexibility index (Phi) is 6.21. The molecule has 0 bridgehead atoms. The number of methoxy groups -OCH3 is 1. The fraction of sp³-hybridized carbons (Fsp3) is 0.150. The van der Waals surface area contributed by atoms with Gasteiger partial charge >= 0.3 is 5.97 Å². The first-order valence-corrected chi connectivity index (χ1v) is 9.45. The van der Waals surface area contributed by atoms with Gasteiger partial charge in [0.2, 0.25) is 5.91 Å². The lowest BCUT2D eigenvalue weighted by Crippen LogP contribution is -2.14. The molecule has 0 radical (unpaired) electrons. The van der Waals surface area contributed by atoms with Gasteiger partial charge in [0.25, 0.3) is 0 Å². The third-order valence-corrected chi connectivity index (χ3v) is 4.91. The largest absolute Gasteiger partial charge is 0.465 e. The number of benzene rings is 2. The summed E-state index contributed by atoms with van der Waals surface area (Å²) in [6.45, 7) is 0. The van der Waals surface area contributed by atoms with Crippen molar-refractivity contribution in [3.63, 3.8) is 0 Å². The van der Waals surface area contributed by atoms with Crippen LogP contribution >= 0.6 is 22.9 Å². The fourth-order valence-electron chi connectivity index (χ4n) is 2.51. The van der Waals surface area contributed by atoms with Crippen molar-refractivity contribution >= 4 is 40.5 Å². The number of hydrogen-bond donors (Lipinski definition) is 1. The number of carbonyl (C=O) groups excluding carboxylic acids is 2. The molecule has 0 saturated heterocycles. The summed E-state index contributed by atoms with van der Waals surface area (Å²) in [7, 11) is 1.33. The van der Waals surface area contributed by atoms with Gasteiger partial charge in [0.05, 0.1) is 29.8 Å². The lowest BCUT2D eigenvalue weighted by atomic mass is 10.2. The highest BCUT2D eigenvalue weighted by atomic mass is 35.5. The minimum atomic E-state index is -0.414. The molecule has 1 amide bonds. The number of esters is 1. The number of amides is 1. The van der Waals surface area contributed by atoms with Gasteiger partial charge < -0.3 is 10.1 Å². The molecule has 0 fully saturated rings. The molecule has 0 saturated carbocycles. The maximum Gasteiger partial charge on any atom is 0.337 e. The zero-order chi connectivity index (χ0) is 19.2. The summed E-state index contributed by atoms with van der Waals surface area (Å²) >= 11 is 7.52. The molecule has 2 aromatic carbocycles. The Morgan fingerprint density at radius 3 is 2.67 bits per heavy atom. The number of ether oxygens (including phenoxy) is 1. The van der Waals surface area contributed by atoms with Gasteiger partial charge in [-0.3, -0.25) is 4.79 Å². The van der Waals surface area contributed by atoms with Gasteiger partial charge in [-0.1, -0.05) is 23.7 Å². The Bertz CT molecular complexity index is 954. The van der Waals surface area contributed by atoms with Crippen LogP contribution in [0.2, 0.25) is 5.02 Å². The molecule has 0 spiro atoms. The second-order valence-corrected chi connectivity index (χ2v) is 7.21. The fourth-order valence-corrected chi connectivity index (χ4v) is 3.55. The van der Waals surface area contributed by atoms with Crippen molar-refractivity contribution in [1.29, 1.82) is 0 Å². The Morgan fingerprint density at radius 2 is 1.96 bits per heavy atom. The minimum Gasteiger partial charge on any atom is -0.465 e. The molecule has 3 rings (SSSR count). The first kappa shape index (κ1) is 19.1. The van der Waals surface area contributed by atoms with Gasteiger partial charge in [-0.25, -0.2) is 9.78 Å². The Morgan fingerprint density at radius 1 is 1.19 bits per heavy atom. The molecule has 1 heterocycles. The van der Waals surface area contributed by atoms with Crippen LogP contribution in [0.3, 0.4) is 0 Å². The predicted octanol–water partition coefficient (Wildman–Crippen LogP) is 4.36. The van der Waals surface area contributed by atoms with Gasteiger partial charge in [0.1, 0.15) is 0 Å². The second kappa shape index (κ2) is 8.79. The van der Waals surface area contributed by atoms with Gasteiger partial charge in [0.15, 0.2) is 0 Å². The summed E-state index contributed by atoms with van der Waals surface area (Å²) in [5.41, 5.74) is 2.85. The van der Waals surface area contributed by atoms with Gasteiger partial charge in [-0.15, -0.1) is 11.3 Å². The summed E-state index contributed by atoms with van der Waals surface area (Å²) in [5, 5.41) is 6.31. The highest BCUT2D eigenvalue weighted by Crippen LogP contribution is 2.18. The maximum atomic E-state index is 12.2. The number of thiazole rings is 1. The normalized spacial score (nSPS) is 10.4. The van der Waals surface area contributed by atoms with Crippen molar-refractivity contribution in [2.75, 3.05) is 12.4 Å². The summed E-state index contributed by atoms with van der Waals surface area (Å²) in [6, 6.07) is 14.2. The molecule has 27 heavy (non-hydrogen) atoms. The highest BCUT2D eigenvalue weighted by molar-refractivity contribution is 7.09. The summed E-state index contributed by atoms with van der Waals surface area (Å²) < 4.78 is 4.65. The van der Waals surface area contributed by atoms with E-state index in [0.29, 0.717) is 22.7 Å². The van der Waals surface area contributed by atoms with E-state index < -0.39 is 5.97 Å². The van der Waals surface area contributed by atoms with Crippen molar-refractivity contribution in [3.05, 3.63) is 80.8 Å². The van der Waals surface area contributed by atoms with Crippen LogP contribution in [0.15, 0.2) is 53.9 Å². The molecule has 0 aliphatic heterocycles. The van der Waals surface area contributed by atoms with E-state index in [9.17, 15) is 9.59 Å². The molecule has 0 unspecified atom stereocenters. The SMILES string of the molecule is COC(=O)c1ccc(NC(=O)Cc2csc(Cc3cccc(Cl)c3)n2)cc1. The number of anilines is 1. The number of nitrogens with zero attached hydrogens (tertiary/aromatic N) is 1. The first-order chi connectivity index (χ1) is 13.0. The summed E-state index contributed by atoms with van der Waals surface area (Å²) in [6.07, 6.45) is 0.868. The number of halogens is 1. The van der Waals surface area contributed by atoms with Crippen LogP contribution in [0.5, 0.6) is 0 Å². The molecular weight excluding hydrogens is 384 g/mol. The Balaban J connectivity index is 1.57. The van der Waals surface area contributed by atoms with E-state index in [1.165, 1.54) is 18.4 Å². The number of rotatable bonds is 6. The highest BCUT2D eigenvalue weighted by Gasteiger charge is 2.10. The van der Waals surface area contributed by atoms with Crippen LogP contribution in [0, 0.1) is 0 Å². The number of hydrogen-bond acceptors (Lipinski definition) is 5. The molecule has 0 aliphatic rings. The predicted molar refractivity (Wildman–Crippen MR) is 106 cm³/mol. The smallest absolute Gasteiger partial charge is 0.337 e. The number of carbonyl (C=O) groups is 2. The zero-order valence-corrected chi connectivity index (χ0v) is 16.1. The lowest BCUT2D eigenvalue weighted by molar-refractivity contribution is -0.115. The second-order valence-electron chi connectivity index (χ2n) is 5.83. The molecule has 1 aromatic heterocycles. The van der Waals surface area contributed by atoms with Crippen LogP contribution in [-0.2, 0) is 22.4 Å². The van der Waals surface area contributed by atoms with Crippen molar-refractivity contribution in [1.82, 2.24) is 4.98 Å². The molecule has 138 valence electrons. The zero-order valence-electron chi connectivity index (χ0n) is 14.6. The average molecular weight is 401 g/mol. The third-order valence-electron chi connectivity index (χ3n) is 3.78. The molecule has 3 aromatic rings. The van der Waals surface area contributed by atoms with E-state index in [-0.39, 0.29) is 12.3 Å². The van der Waals surface area contributed by atoms with E-state index in [1.807, 2.05) is 29.6 Å².